The van der Waals surface area contributed by atoms with E-state index in [1.165, 1.54) is 0 Å². The maximum absolute atomic E-state index is 6.10. The molecule has 0 unspecified atom stereocenters. The van der Waals surface area contributed by atoms with Crippen LogP contribution < -0.4 is 4.74 Å². The predicted octanol–water partition coefficient (Wildman–Crippen LogP) is 4.94. The average molecular weight is 387 g/mol. The highest BCUT2D eigenvalue weighted by atomic mass is 35.5. The Morgan fingerprint density at radius 1 is 1.00 bits per heavy atom. The number of benzene rings is 2. The van der Waals surface area contributed by atoms with Crippen LogP contribution in [0.2, 0.25) is 10.0 Å². The predicted molar refractivity (Wildman–Crippen MR) is 98.0 cm³/mol. The zero-order valence-electron chi connectivity index (χ0n) is 13.3. The summed E-state index contributed by atoms with van der Waals surface area (Å²) in [6.07, 6.45) is 1.75. The van der Waals surface area contributed by atoms with Gasteiger partial charge in [-0.15, -0.1) is 0 Å². The molecule has 26 heavy (non-hydrogen) atoms. The van der Waals surface area contributed by atoms with Crippen LogP contribution in [0.15, 0.2) is 65.3 Å². The largest absolute Gasteiger partial charge is 0.470 e. The van der Waals surface area contributed by atoms with Crippen molar-refractivity contribution in [1.29, 1.82) is 0 Å². The molecular formula is C18H12Cl2N4O2. The second-order valence-electron chi connectivity index (χ2n) is 5.35. The molecule has 0 aliphatic rings. The van der Waals surface area contributed by atoms with E-state index in [0.29, 0.717) is 33.2 Å². The van der Waals surface area contributed by atoms with E-state index in [2.05, 4.69) is 15.2 Å². The van der Waals surface area contributed by atoms with E-state index in [9.17, 15) is 0 Å². The lowest BCUT2D eigenvalue weighted by molar-refractivity contribution is 0.221. The first kappa shape index (κ1) is 16.6. The van der Waals surface area contributed by atoms with E-state index in [0.717, 1.165) is 5.56 Å². The first-order valence-electron chi connectivity index (χ1n) is 7.70. The number of hydrogen-bond acceptors (Lipinski definition) is 5. The van der Waals surface area contributed by atoms with Crippen LogP contribution in [0.5, 0.6) is 5.75 Å². The third kappa shape index (κ3) is 3.42. The van der Waals surface area contributed by atoms with Crippen molar-refractivity contribution < 1.29 is 9.26 Å². The van der Waals surface area contributed by atoms with Gasteiger partial charge in [-0.2, -0.15) is 10.1 Å². The van der Waals surface area contributed by atoms with Crippen molar-refractivity contribution in [2.24, 2.45) is 0 Å². The van der Waals surface area contributed by atoms with Crippen LogP contribution in [0.1, 0.15) is 0 Å². The van der Waals surface area contributed by atoms with Crippen molar-refractivity contribution in [1.82, 2.24) is 19.9 Å². The minimum Gasteiger partial charge on any atom is -0.470 e. The van der Waals surface area contributed by atoms with Gasteiger partial charge in [0.15, 0.2) is 12.4 Å². The number of halogens is 2. The molecule has 6 nitrogen and oxygen atoms in total. The fourth-order valence-corrected chi connectivity index (χ4v) is 2.66. The SMILES string of the molecule is Clc1cccc(OCn2ccc(-c3nc(-c4ccccc4)no3)n2)c1Cl. The van der Waals surface area contributed by atoms with Gasteiger partial charge in [-0.25, -0.2) is 4.68 Å². The Balaban J connectivity index is 1.48. The third-order valence-electron chi connectivity index (χ3n) is 3.59. The molecule has 0 saturated heterocycles. The van der Waals surface area contributed by atoms with Crippen molar-refractivity contribution in [3.63, 3.8) is 0 Å². The summed E-state index contributed by atoms with van der Waals surface area (Å²) in [6.45, 7) is 0.166. The lowest BCUT2D eigenvalue weighted by Crippen LogP contribution is -2.06. The summed E-state index contributed by atoms with van der Waals surface area (Å²) in [5.41, 5.74) is 1.43. The topological polar surface area (TPSA) is 66.0 Å². The molecule has 2 aromatic heterocycles. The quantitative estimate of drug-likeness (QED) is 0.485. The minimum atomic E-state index is 0.166. The lowest BCUT2D eigenvalue weighted by atomic mass is 10.2. The van der Waals surface area contributed by atoms with Gasteiger partial charge in [0.1, 0.15) is 10.8 Å². The van der Waals surface area contributed by atoms with Crippen molar-refractivity contribution in [2.75, 3.05) is 0 Å². The van der Waals surface area contributed by atoms with Gasteiger partial charge in [-0.3, -0.25) is 0 Å². The van der Waals surface area contributed by atoms with E-state index < -0.39 is 0 Å². The molecule has 0 saturated carbocycles. The third-order valence-corrected chi connectivity index (χ3v) is 4.39. The van der Waals surface area contributed by atoms with Crippen molar-refractivity contribution >= 4 is 23.2 Å². The van der Waals surface area contributed by atoms with Crippen LogP contribution in [0.25, 0.3) is 23.0 Å². The van der Waals surface area contributed by atoms with Gasteiger partial charge in [-0.1, -0.05) is 64.8 Å². The summed E-state index contributed by atoms with van der Waals surface area (Å²) in [6, 6.07) is 16.6. The van der Waals surface area contributed by atoms with E-state index >= 15 is 0 Å². The summed E-state index contributed by atoms with van der Waals surface area (Å²) >= 11 is 12.1. The first-order valence-corrected chi connectivity index (χ1v) is 8.46. The van der Waals surface area contributed by atoms with Gasteiger partial charge in [0, 0.05) is 11.8 Å². The zero-order valence-corrected chi connectivity index (χ0v) is 14.9. The van der Waals surface area contributed by atoms with E-state index in [1.54, 1.807) is 35.1 Å². The number of aromatic nitrogens is 4. The van der Waals surface area contributed by atoms with Gasteiger partial charge < -0.3 is 9.26 Å². The summed E-state index contributed by atoms with van der Waals surface area (Å²) < 4.78 is 12.5. The highest BCUT2D eigenvalue weighted by molar-refractivity contribution is 6.42. The molecule has 0 fully saturated rings. The van der Waals surface area contributed by atoms with Gasteiger partial charge in [0.05, 0.1) is 5.02 Å². The molecule has 0 bridgehead atoms. The highest BCUT2D eigenvalue weighted by Crippen LogP contribution is 2.31. The molecule has 0 aliphatic carbocycles. The summed E-state index contributed by atoms with van der Waals surface area (Å²) in [5, 5.41) is 9.16. The lowest BCUT2D eigenvalue weighted by Gasteiger charge is -2.08. The summed E-state index contributed by atoms with van der Waals surface area (Å²) in [5.74, 6) is 1.33. The molecule has 2 aromatic carbocycles. The molecule has 4 aromatic rings. The second kappa shape index (κ2) is 7.19. The molecule has 0 N–H and O–H groups in total. The van der Waals surface area contributed by atoms with Gasteiger partial charge >= 0.3 is 0 Å². The molecule has 130 valence electrons. The van der Waals surface area contributed by atoms with Crippen molar-refractivity contribution in [3.05, 3.63) is 70.8 Å². The molecule has 0 radical (unpaired) electrons. The number of rotatable bonds is 5. The molecular weight excluding hydrogens is 375 g/mol. The van der Waals surface area contributed by atoms with E-state index in [4.69, 9.17) is 32.5 Å². The normalized spacial score (nSPS) is 10.8. The van der Waals surface area contributed by atoms with Crippen LogP contribution in [0.4, 0.5) is 0 Å². The number of nitrogens with zero attached hydrogens (tertiary/aromatic N) is 4. The van der Waals surface area contributed by atoms with Crippen LogP contribution in [0.3, 0.4) is 0 Å². The molecule has 2 heterocycles. The fourth-order valence-electron chi connectivity index (χ4n) is 2.31. The van der Waals surface area contributed by atoms with Gasteiger partial charge in [0.25, 0.3) is 5.89 Å². The van der Waals surface area contributed by atoms with Crippen molar-refractivity contribution in [3.8, 4) is 28.7 Å². The maximum Gasteiger partial charge on any atom is 0.278 e. The molecule has 0 atom stereocenters. The average Bonchev–Trinajstić information content (AvgIpc) is 3.33. The van der Waals surface area contributed by atoms with Gasteiger partial charge in [-0.05, 0) is 18.2 Å². The zero-order chi connectivity index (χ0) is 17.9. The van der Waals surface area contributed by atoms with Crippen LogP contribution in [-0.4, -0.2) is 19.9 Å². The minimum absolute atomic E-state index is 0.166. The second-order valence-corrected chi connectivity index (χ2v) is 6.14. The molecule has 0 aliphatic heterocycles. The van der Waals surface area contributed by atoms with E-state index in [-0.39, 0.29) is 6.73 Å². The molecule has 8 heteroatoms. The Morgan fingerprint density at radius 3 is 2.69 bits per heavy atom. The Morgan fingerprint density at radius 2 is 1.85 bits per heavy atom. The summed E-state index contributed by atoms with van der Waals surface area (Å²) in [7, 11) is 0. The first-order chi connectivity index (χ1) is 12.7. The van der Waals surface area contributed by atoms with Crippen LogP contribution in [0, 0.1) is 0 Å². The fraction of sp³-hybridized carbons (Fsp3) is 0.0556. The number of hydrogen-bond donors (Lipinski definition) is 0. The monoisotopic (exact) mass is 386 g/mol. The Bertz CT molecular complexity index is 1030. The van der Waals surface area contributed by atoms with E-state index in [1.807, 2.05) is 30.3 Å². The standard InChI is InChI=1S/C18H12Cl2N4O2/c19-13-7-4-8-15(16(13)20)25-11-24-10-9-14(22-24)18-21-17(23-26-18)12-5-2-1-3-6-12/h1-10H,11H2. The molecule has 0 spiro atoms. The Labute approximate surface area is 158 Å². The maximum atomic E-state index is 6.10. The Hall–Kier alpha value is -2.83. The molecule has 0 amide bonds. The highest BCUT2D eigenvalue weighted by Gasteiger charge is 2.13. The van der Waals surface area contributed by atoms with Crippen molar-refractivity contribution in [2.45, 2.75) is 6.73 Å². The number of ether oxygens (including phenoxy) is 1. The smallest absolute Gasteiger partial charge is 0.278 e. The Kier molecular flexibility index (Phi) is 4.60. The van der Waals surface area contributed by atoms with Gasteiger partial charge in [0.2, 0.25) is 5.82 Å². The van der Waals surface area contributed by atoms with Crippen LogP contribution in [-0.2, 0) is 6.73 Å². The van der Waals surface area contributed by atoms with Crippen LogP contribution >= 0.6 is 23.2 Å². The summed E-state index contributed by atoms with van der Waals surface area (Å²) in [4.78, 5) is 4.38. The molecule has 4 rings (SSSR count).